The van der Waals surface area contributed by atoms with Gasteiger partial charge in [-0.15, -0.1) is 0 Å². The van der Waals surface area contributed by atoms with Crippen LogP contribution >= 0.6 is 0 Å². The van der Waals surface area contributed by atoms with Gasteiger partial charge >= 0.3 is 0 Å². The molecule has 0 radical (unpaired) electrons. The Hall–Kier alpha value is -3.22. The highest BCUT2D eigenvalue weighted by Gasteiger charge is 2.25. The van der Waals surface area contributed by atoms with E-state index in [1.54, 1.807) is 14.2 Å². The number of nitrogens with two attached hydrogens (primary N) is 1. The number of hydrogen-bond acceptors (Lipinski definition) is 6. The summed E-state index contributed by atoms with van der Waals surface area (Å²) in [6, 6.07) is 13.6. The van der Waals surface area contributed by atoms with E-state index in [2.05, 4.69) is 15.3 Å². The largest absolute Gasteiger partial charge is 0.497 e. The number of fused-ring (bicyclic) bond motifs is 3. The van der Waals surface area contributed by atoms with Crippen LogP contribution < -0.4 is 20.5 Å². The van der Waals surface area contributed by atoms with E-state index in [1.165, 1.54) is 0 Å². The number of anilines is 1. The quantitative estimate of drug-likeness (QED) is 0.772. The number of guanidine groups is 1. The van der Waals surface area contributed by atoms with Crippen LogP contribution in [0.1, 0.15) is 11.7 Å². The fourth-order valence-corrected chi connectivity index (χ4v) is 2.92. The summed E-state index contributed by atoms with van der Waals surface area (Å²) in [5, 5.41) is 3.02. The van der Waals surface area contributed by atoms with Gasteiger partial charge in [-0.1, -0.05) is 12.1 Å². The van der Waals surface area contributed by atoms with Gasteiger partial charge in [-0.25, -0.2) is 9.98 Å². The minimum atomic E-state index is -0.349. The molecule has 0 fully saturated rings. The van der Waals surface area contributed by atoms with E-state index in [9.17, 15) is 0 Å². The first-order valence-electron chi connectivity index (χ1n) is 7.50. The van der Waals surface area contributed by atoms with E-state index in [0.29, 0.717) is 23.4 Å². The molecule has 0 aliphatic carbocycles. The maximum Gasteiger partial charge on any atom is 0.212 e. The fraction of sp³-hybridized carbons (Fsp3) is 0.176. The molecule has 2 heterocycles. The van der Waals surface area contributed by atoms with Crippen LogP contribution in [-0.4, -0.2) is 29.7 Å². The first kappa shape index (κ1) is 14.4. The van der Waals surface area contributed by atoms with Crippen LogP contribution in [0.25, 0.3) is 11.0 Å². The van der Waals surface area contributed by atoms with Crippen LogP contribution in [0.4, 0.5) is 5.95 Å². The minimum Gasteiger partial charge on any atom is -0.497 e. The standard InChI is InChI=1S/C17H17N5O2/c1-23-11-7-10(8-12(9-11)24-2)15-20-16(18)21-17-19-13-5-3-4-6-14(13)22(15)17/h3-9,15H,1-2H3,(H3,18,19,20,21). The lowest BCUT2D eigenvalue weighted by Gasteiger charge is -2.24. The molecule has 2 aromatic carbocycles. The zero-order chi connectivity index (χ0) is 16.7. The topological polar surface area (TPSA) is 86.7 Å². The van der Waals surface area contributed by atoms with Gasteiger partial charge in [0, 0.05) is 11.6 Å². The Balaban J connectivity index is 1.94. The molecule has 0 saturated heterocycles. The smallest absolute Gasteiger partial charge is 0.212 e. The van der Waals surface area contributed by atoms with Gasteiger partial charge in [0.1, 0.15) is 11.5 Å². The van der Waals surface area contributed by atoms with Crippen molar-refractivity contribution in [3.8, 4) is 11.5 Å². The molecule has 4 rings (SSSR count). The third-order valence-electron chi connectivity index (χ3n) is 4.01. The molecule has 122 valence electrons. The van der Waals surface area contributed by atoms with Gasteiger partial charge in [-0.2, -0.15) is 0 Å². The van der Waals surface area contributed by atoms with Gasteiger partial charge in [0.15, 0.2) is 12.1 Å². The van der Waals surface area contributed by atoms with Crippen molar-refractivity contribution in [3.05, 3.63) is 48.0 Å². The number of nitrogens with one attached hydrogen (secondary N) is 1. The number of aliphatic imine (C=N–C) groups is 1. The average Bonchev–Trinajstić information content (AvgIpc) is 2.98. The molecule has 0 spiro atoms. The van der Waals surface area contributed by atoms with Crippen molar-refractivity contribution in [1.29, 1.82) is 0 Å². The highest BCUT2D eigenvalue weighted by molar-refractivity contribution is 5.94. The van der Waals surface area contributed by atoms with Crippen molar-refractivity contribution in [1.82, 2.24) is 9.55 Å². The van der Waals surface area contributed by atoms with Crippen LogP contribution in [0.15, 0.2) is 47.5 Å². The maximum absolute atomic E-state index is 5.96. The van der Waals surface area contributed by atoms with Gasteiger partial charge in [0.05, 0.1) is 25.3 Å². The highest BCUT2D eigenvalue weighted by atomic mass is 16.5. The van der Waals surface area contributed by atoms with Gasteiger partial charge in [0.2, 0.25) is 5.95 Å². The van der Waals surface area contributed by atoms with Crippen LogP contribution in [0, 0.1) is 0 Å². The van der Waals surface area contributed by atoms with Crippen molar-refractivity contribution in [2.24, 2.45) is 10.7 Å². The van der Waals surface area contributed by atoms with E-state index >= 15 is 0 Å². The average molecular weight is 323 g/mol. The molecule has 3 N–H and O–H groups in total. The van der Waals surface area contributed by atoms with Gasteiger partial charge in [-0.3, -0.25) is 9.88 Å². The molecule has 7 nitrogen and oxygen atoms in total. The number of nitrogens with zero attached hydrogens (tertiary/aromatic N) is 3. The van der Waals surface area contributed by atoms with Crippen LogP contribution in [0.5, 0.6) is 11.5 Å². The van der Waals surface area contributed by atoms with E-state index in [0.717, 1.165) is 16.6 Å². The number of ether oxygens (including phenoxy) is 2. The van der Waals surface area contributed by atoms with E-state index in [4.69, 9.17) is 15.2 Å². The number of imidazole rings is 1. The first-order chi connectivity index (χ1) is 11.7. The van der Waals surface area contributed by atoms with Crippen molar-refractivity contribution in [2.75, 3.05) is 19.5 Å². The van der Waals surface area contributed by atoms with Gasteiger partial charge in [0.25, 0.3) is 0 Å². The molecule has 1 atom stereocenters. The third-order valence-corrected chi connectivity index (χ3v) is 4.01. The van der Waals surface area contributed by atoms with E-state index in [1.807, 2.05) is 47.0 Å². The number of methoxy groups -OCH3 is 2. The predicted molar refractivity (Wildman–Crippen MR) is 92.7 cm³/mol. The molecule has 0 saturated carbocycles. The molecule has 24 heavy (non-hydrogen) atoms. The molecule has 0 amide bonds. The monoisotopic (exact) mass is 323 g/mol. The second kappa shape index (κ2) is 5.45. The summed E-state index contributed by atoms with van der Waals surface area (Å²) in [5.74, 6) is 2.38. The summed E-state index contributed by atoms with van der Waals surface area (Å²) in [6.45, 7) is 0. The molecular formula is C17H17N5O2. The molecule has 0 bridgehead atoms. The predicted octanol–water partition coefficient (Wildman–Crippen LogP) is 2.34. The second-order valence-corrected chi connectivity index (χ2v) is 5.45. The Labute approximate surface area is 138 Å². The summed E-state index contributed by atoms with van der Waals surface area (Å²) in [6.07, 6.45) is -0.349. The number of para-hydroxylation sites is 2. The minimum absolute atomic E-state index is 0.324. The summed E-state index contributed by atoms with van der Waals surface area (Å²) in [7, 11) is 3.24. The molecule has 1 unspecified atom stereocenters. The normalized spacial score (nSPS) is 16.2. The van der Waals surface area contributed by atoms with Gasteiger partial charge < -0.3 is 15.2 Å². The highest BCUT2D eigenvalue weighted by Crippen LogP contribution is 2.35. The van der Waals surface area contributed by atoms with E-state index < -0.39 is 0 Å². The molecular weight excluding hydrogens is 306 g/mol. The Morgan fingerprint density at radius 1 is 1.08 bits per heavy atom. The number of rotatable bonds is 3. The van der Waals surface area contributed by atoms with Gasteiger partial charge in [-0.05, 0) is 24.3 Å². The fourth-order valence-electron chi connectivity index (χ4n) is 2.92. The number of benzene rings is 2. The van der Waals surface area contributed by atoms with Crippen LogP contribution in [0.2, 0.25) is 0 Å². The lowest BCUT2D eigenvalue weighted by Crippen LogP contribution is -2.31. The Kier molecular flexibility index (Phi) is 3.26. The number of aromatic nitrogens is 2. The molecule has 3 aromatic rings. The van der Waals surface area contributed by atoms with Crippen LogP contribution in [0.3, 0.4) is 0 Å². The van der Waals surface area contributed by atoms with Crippen molar-refractivity contribution < 1.29 is 9.47 Å². The first-order valence-corrected chi connectivity index (χ1v) is 7.50. The summed E-state index contributed by atoms with van der Waals surface area (Å²) in [4.78, 5) is 9.16. The summed E-state index contributed by atoms with van der Waals surface area (Å²) >= 11 is 0. The summed E-state index contributed by atoms with van der Waals surface area (Å²) < 4.78 is 12.8. The summed E-state index contributed by atoms with van der Waals surface area (Å²) in [5.41, 5.74) is 8.72. The van der Waals surface area contributed by atoms with Crippen molar-refractivity contribution in [2.45, 2.75) is 6.17 Å². The SMILES string of the molecule is COc1cc(OC)cc(C2N=C(N)Nc3nc4ccccc4n32)c1. The lowest BCUT2D eigenvalue weighted by molar-refractivity contribution is 0.392. The van der Waals surface area contributed by atoms with Crippen molar-refractivity contribution >= 4 is 22.9 Å². The Morgan fingerprint density at radius 3 is 2.50 bits per heavy atom. The molecule has 1 aliphatic rings. The molecule has 7 heteroatoms. The van der Waals surface area contributed by atoms with Crippen molar-refractivity contribution in [3.63, 3.8) is 0 Å². The second-order valence-electron chi connectivity index (χ2n) is 5.45. The zero-order valence-corrected chi connectivity index (χ0v) is 13.4. The lowest BCUT2D eigenvalue weighted by atomic mass is 10.1. The maximum atomic E-state index is 5.96. The molecule has 1 aromatic heterocycles. The zero-order valence-electron chi connectivity index (χ0n) is 13.4. The third kappa shape index (κ3) is 2.21. The van der Waals surface area contributed by atoms with E-state index in [-0.39, 0.29) is 6.17 Å². The number of hydrogen-bond donors (Lipinski definition) is 2. The molecule has 1 aliphatic heterocycles. The van der Waals surface area contributed by atoms with Crippen LogP contribution in [-0.2, 0) is 0 Å². The Morgan fingerprint density at radius 2 is 1.79 bits per heavy atom. The Bertz CT molecular complexity index is 925.